The van der Waals surface area contributed by atoms with Crippen LogP contribution in [0.5, 0.6) is 0 Å². The zero-order valence-corrected chi connectivity index (χ0v) is 12.2. The molecule has 0 spiro atoms. The molecular weight excluding hydrogens is 250 g/mol. The fourth-order valence-corrected chi connectivity index (χ4v) is 2.08. The molecule has 108 valence electrons. The number of benzene rings is 1. The molecule has 1 aliphatic carbocycles. The molecule has 3 heteroatoms. The van der Waals surface area contributed by atoms with Gasteiger partial charge in [-0.25, -0.2) is 0 Å². The Bertz CT molecular complexity index is 472. The number of amides is 1. The van der Waals surface area contributed by atoms with Crippen LogP contribution in [0.3, 0.4) is 0 Å². The maximum atomic E-state index is 11.6. The van der Waals surface area contributed by atoms with Gasteiger partial charge in [-0.2, -0.15) is 0 Å². The first-order valence-electron chi connectivity index (χ1n) is 7.30. The van der Waals surface area contributed by atoms with Crippen molar-refractivity contribution in [3.63, 3.8) is 0 Å². The molecule has 2 rings (SSSR count). The number of aliphatic hydroxyl groups excluding tert-OH is 1. The molecule has 0 bridgehead atoms. The molecule has 20 heavy (non-hydrogen) atoms. The van der Waals surface area contributed by atoms with Crippen molar-refractivity contribution < 1.29 is 9.90 Å². The largest absolute Gasteiger partial charge is 0.391 e. The van der Waals surface area contributed by atoms with E-state index in [4.69, 9.17) is 0 Å². The van der Waals surface area contributed by atoms with Gasteiger partial charge in [0.2, 0.25) is 5.91 Å². The Hall–Kier alpha value is -1.61. The van der Waals surface area contributed by atoms with Crippen molar-refractivity contribution in [1.29, 1.82) is 0 Å². The second-order valence-electron chi connectivity index (χ2n) is 5.80. The Labute approximate surface area is 120 Å². The van der Waals surface area contributed by atoms with Crippen LogP contribution in [0.25, 0.3) is 6.08 Å². The number of aliphatic hydroxyl groups is 1. The van der Waals surface area contributed by atoms with E-state index >= 15 is 0 Å². The van der Waals surface area contributed by atoms with Crippen LogP contribution in [0.4, 0.5) is 0 Å². The molecule has 1 atom stereocenters. The summed E-state index contributed by atoms with van der Waals surface area (Å²) in [5.74, 6) is 0.751. The van der Waals surface area contributed by atoms with Crippen molar-refractivity contribution in [2.45, 2.75) is 38.7 Å². The number of nitrogens with one attached hydrogen (secondary N) is 1. The van der Waals surface area contributed by atoms with Crippen molar-refractivity contribution in [2.24, 2.45) is 5.92 Å². The van der Waals surface area contributed by atoms with Gasteiger partial charge in [-0.3, -0.25) is 4.79 Å². The zero-order chi connectivity index (χ0) is 14.5. The summed E-state index contributed by atoms with van der Waals surface area (Å²) in [4.78, 5) is 11.6. The highest BCUT2D eigenvalue weighted by Gasteiger charge is 2.29. The Morgan fingerprint density at radius 2 is 2.00 bits per heavy atom. The molecule has 0 aromatic heterocycles. The Balaban J connectivity index is 1.80. The molecule has 2 N–H and O–H groups in total. The highest BCUT2D eigenvalue weighted by atomic mass is 16.3. The van der Waals surface area contributed by atoms with Gasteiger partial charge in [0, 0.05) is 12.6 Å². The van der Waals surface area contributed by atoms with E-state index in [0.717, 1.165) is 18.4 Å². The van der Waals surface area contributed by atoms with E-state index in [0.29, 0.717) is 18.4 Å². The van der Waals surface area contributed by atoms with E-state index in [1.54, 1.807) is 6.08 Å². The number of hydrogen-bond acceptors (Lipinski definition) is 2. The van der Waals surface area contributed by atoms with E-state index < -0.39 is 6.10 Å². The Morgan fingerprint density at radius 3 is 2.55 bits per heavy atom. The molecule has 1 aliphatic rings. The minimum Gasteiger partial charge on any atom is -0.391 e. The van der Waals surface area contributed by atoms with Crippen molar-refractivity contribution in [2.75, 3.05) is 6.54 Å². The lowest BCUT2D eigenvalue weighted by Gasteiger charge is -2.08. The molecule has 1 saturated carbocycles. The molecule has 1 unspecified atom stereocenters. The van der Waals surface area contributed by atoms with Crippen LogP contribution in [0, 0.1) is 5.92 Å². The van der Waals surface area contributed by atoms with Crippen molar-refractivity contribution >= 4 is 12.0 Å². The van der Waals surface area contributed by atoms with E-state index in [9.17, 15) is 9.90 Å². The van der Waals surface area contributed by atoms with Crippen molar-refractivity contribution in [3.8, 4) is 0 Å². The summed E-state index contributed by atoms with van der Waals surface area (Å²) in [6.07, 6.45) is 5.08. The molecule has 1 fully saturated rings. The lowest BCUT2D eigenvalue weighted by atomic mass is 10.0. The molecule has 3 nitrogen and oxygen atoms in total. The van der Waals surface area contributed by atoms with Gasteiger partial charge in [0.25, 0.3) is 0 Å². The van der Waals surface area contributed by atoms with Crippen LogP contribution >= 0.6 is 0 Å². The van der Waals surface area contributed by atoms with Crippen LogP contribution < -0.4 is 5.32 Å². The Kier molecular flexibility index (Phi) is 4.96. The van der Waals surface area contributed by atoms with Crippen molar-refractivity contribution in [3.05, 3.63) is 41.5 Å². The molecular formula is C17H23NO2. The maximum Gasteiger partial charge on any atom is 0.244 e. The summed E-state index contributed by atoms with van der Waals surface area (Å²) < 4.78 is 0. The van der Waals surface area contributed by atoms with Crippen LogP contribution in [0.15, 0.2) is 30.3 Å². The second-order valence-corrected chi connectivity index (χ2v) is 5.80. The molecule has 0 radical (unpaired) electrons. The van der Waals surface area contributed by atoms with Crippen LogP contribution in [0.2, 0.25) is 0 Å². The average Bonchev–Trinajstić information content (AvgIpc) is 3.27. The first kappa shape index (κ1) is 14.8. The fourth-order valence-electron chi connectivity index (χ4n) is 2.08. The summed E-state index contributed by atoms with van der Waals surface area (Å²) in [6.45, 7) is 4.66. The van der Waals surface area contributed by atoms with Crippen molar-refractivity contribution in [1.82, 2.24) is 5.32 Å². The predicted octanol–water partition coefficient (Wildman–Crippen LogP) is 2.71. The van der Waals surface area contributed by atoms with E-state index in [1.165, 1.54) is 11.6 Å². The van der Waals surface area contributed by atoms with Crippen LogP contribution in [-0.2, 0) is 4.79 Å². The van der Waals surface area contributed by atoms with Gasteiger partial charge < -0.3 is 10.4 Å². The van der Waals surface area contributed by atoms with Gasteiger partial charge in [-0.15, -0.1) is 0 Å². The van der Waals surface area contributed by atoms with Gasteiger partial charge >= 0.3 is 0 Å². The molecule has 0 aliphatic heterocycles. The molecule has 1 amide bonds. The zero-order valence-electron chi connectivity index (χ0n) is 12.2. The monoisotopic (exact) mass is 273 g/mol. The quantitative estimate of drug-likeness (QED) is 0.783. The van der Waals surface area contributed by atoms with Gasteiger partial charge in [-0.05, 0) is 41.9 Å². The topological polar surface area (TPSA) is 49.3 Å². The van der Waals surface area contributed by atoms with Gasteiger partial charge in [0.15, 0.2) is 0 Å². The number of rotatable bonds is 6. The highest BCUT2D eigenvalue weighted by Crippen LogP contribution is 2.32. The van der Waals surface area contributed by atoms with Crippen LogP contribution in [-0.4, -0.2) is 23.7 Å². The first-order valence-corrected chi connectivity index (χ1v) is 7.30. The average molecular weight is 273 g/mol. The van der Waals surface area contributed by atoms with Gasteiger partial charge in [0.05, 0.1) is 6.10 Å². The SMILES string of the molecule is CC(C)c1ccc(C=CC(=O)NCC(O)C2CC2)cc1. The summed E-state index contributed by atoms with van der Waals surface area (Å²) in [5.41, 5.74) is 2.30. The normalized spacial score (nSPS) is 16.6. The second kappa shape index (κ2) is 6.71. The maximum absolute atomic E-state index is 11.6. The lowest BCUT2D eigenvalue weighted by Crippen LogP contribution is -2.31. The third-order valence-corrected chi connectivity index (χ3v) is 3.68. The standard InChI is InChI=1S/C17H23NO2/c1-12(2)14-6-3-13(4-7-14)5-10-17(20)18-11-16(19)15-8-9-15/h3-7,10,12,15-16,19H,8-9,11H2,1-2H3,(H,18,20). The number of carbonyl (C=O) groups excluding carboxylic acids is 1. The highest BCUT2D eigenvalue weighted by molar-refractivity contribution is 5.91. The van der Waals surface area contributed by atoms with Crippen LogP contribution in [0.1, 0.15) is 43.7 Å². The van der Waals surface area contributed by atoms with Gasteiger partial charge in [-0.1, -0.05) is 38.1 Å². The van der Waals surface area contributed by atoms with E-state index in [1.807, 2.05) is 12.1 Å². The molecule has 1 aromatic rings. The summed E-state index contributed by atoms with van der Waals surface area (Å²) in [6, 6.07) is 8.19. The predicted molar refractivity (Wildman–Crippen MR) is 81.3 cm³/mol. The minimum absolute atomic E-state index is 0.155. The Morgan fingerprint density at radius 1 is 1.35 bits per heavy atom. The van der Waals surface area contributed by atoms with E-state index in [-0.39, 0.29) is 5.91 Å². The lowest BCUT2D eigenvalue weighted by molar-refractivity contribution is -0.116. The summed E-state index contributed by atoms with van der Waals surface area (Å²) in [5, 5.41) is 12.4. The number of hydrogen-bond donors (Lipinski definition) is 2. The summed E-state index contributed by atoms with van der Waals surface area (Å²) >= 11 is 0. The third-order valence-electron chi connectivity index (χ3n) is 3.68. The minimum atomic E-state index is -0.391. The third kappa shape index (κ3) is 4.49. The number of carbonyl (C=O) groups is 1. The molecule has 0 heterocycles. The first-order chi connectivity index (χ1) is 9.56. The van der Waals surface area contributed by atoms with E-state index in [2.05, 4.69) is 31.3 Å². The smallest absolute Gasteiger partial charge is 0.244 e. The molecule has 1 aromatic carbocycles. The van der Waals surface area contributed by atoms with Gasteiger partial charge in [0.1, 0.15) is 0 Å². The fraction of sp³-hybridized carbons (Fsp3) is 0.471. The molecule has 0 saturated heterocycles. The summed E-state index contributed by atoms with van der Waals surface area (Å²) in [7, 11) is 0.